The van der Waals surface area contributed by atoms with Gasteiger partial charge in [0.25, 0.3) is 0 Å². The third kappa shape index (κ3) is 3.27. The second-order valence-corrected chi connectivity index (χ2v) is 4.80. The normalized spacial score (nSPS) is 17.1. The Morgan fingerprint density at radius 1 is 1.37 bits per heavy atom. The van der Waals surface area contributed by atoms with Crippen LogP contribution in [0.4, 0.5) is 4.79 Å². The summed E-state index contributed by atoms with van der Waals surface area (Å²) in [5, 5.41) is 14.5. The van der Waals surface area contributed by atoms with Gasteiger partial charge in [0.1, 0.15) is 11.3 Å². The van der Waals surface area contributed by atoms with E-state index in [0.29, 0.717) is 25.8 Å². The summed E-state index contributed by atoms with van der Waals surface area (Å²) < 4.78 is 5.14. The first-order valence-electron chi connectivity index (χ1n) is 6.44. The van der Waals surface area contributed by atoms with Crippen LogP contribution < -0.4 is 10.6 Å². The zero-order valence-corrected chi connectivity index (χ0v) is 10.6. The Morgan fingerprint density at radius 3 is 2.68 bits per heavy atom. The molecule has 2 amide bonds. The molecule has 0 atom stereocenters. The summed E-state index contributed by atoms with van der Waals surface area (Å²) in [5.41, 5.74) is -1.09. The Balaban J connectivity index is 1.78. The average Bonchev–Trinajstić information content (AvgIpc) is 3.00. The number of nitrogens with one attached hydrogen (secondary N) is 2. The Hall–Kier alpha value is -1.98. The monoisotopic (exact) mass is 266 g/mol. The van der Waals surface area contributed by atoms with Gasteiger partial charge < -0.3 is 20.2 Å². The van der Waals surface area contributed by atoms with E-state index in [0.717, 1.165) is 18.6 Å². The molecule has 19 heavy (non-hydrogen) atoms. The summed E-state index contributed by atoms with van der Waals surface area (Å²) in [4.78, 5) is 23.0. The third-order valence-electron chi connectivity index (χ3n) is 3.46. The molecule has 1 aromatic rings. The van der Waals surface area contributed by atoms with Crippen LogP contribution in [0.2, 0.25) is 0 Å². The van der Waals surface area contributed by atoms with Crippen LogP contribution in [0.5, 0.6) is 0 Å². The number of rotatable bonds is 5. The summed E-state index contributed by atoms with van der Waals surface area (Å²) in [6.45, 7) is 0.412. The molecule has 0 radical (unpaired) electrons. The lowest BCUT2D eigenvalue weighted by Crippen LogP contribution is -2.55. The molecular weight excluding hydrogens is 248 g/mol. The number of furan rings is 1. The number of carbonyl (C=O) groups is 2. The average molecular weight is 266 g/mol. The molecule has 3 N–H and O–H groups in total. The molecule has 1 aromatic heterocycles. The smallest absolute Gasteiger partial charge is 0.329 e. The number of amides is 2. The fourth-order valence-corrected chi connectivity index (χ4v) is 2.39. The van der Waals surface area contributed by atoms with Crippen LogP contribution >= 0.6 is 0 Å². The van der Waals surface area contributed by atoms with Gasteiger partial charge in [-0.25, -0.2) is 9.59 Å². The van der Waals surface area contributed by atoms with Crippen molar-refractivity contribution in [1.82, 2.24) is 10.6 Å². The first-order chi connectivity index (χ1) is 9.12. The van der Waals surface area contributed by atoms with Crippen molar-refractivity contribution in [2.24, 2.45) is 0 Å². The van der Waals surface area contributed by atoms with Crippen molar-refractivity contribution in [3.63, 3.8) is 0 Å². The number of hydrogen-bond acceptors (Lipinski definition) is 3. The van der Waals surface area contributed by atoms with Crippen molar-refractivity contribution in [3.05, 3.63) is 24.2 Å². The van der Waals surface area contributed by atoms with Gasteiger partial charge in [0.2, 0.25) is 0 Å². The van der Waals surface area contributed by atoms with Crippen LogP contribution in [0.15, 0.2) is 22.8 Å². The highest BCUT2D eigenvalue weighted by molar-refractivity contribution is 5.86. The molecule has 0 spiro atoms. The quantitative estimate of drug-likeness (QED) is 0.753. The van der Waals surface area contributed by atoms with E-state index in [-0.39, 0.29) is 0 Å². The highest BCUT2D eigenvalue weighted by atomic mass is 16.4. The maximum atomic E-state index is 11.7. The lowest BCUT2D eigenvalue weighted by molar-refractivity contribution is -0.144. The molecule has 0 unspecified atom stereocenters. The predicted molar refractivity (Wildman–Crippen MR) is 67.8 cm³/mol. The molecule has 1 heterocycles. The molecule has 0 saturated heterocycles. The molecule has 6 nitrogen and oxygen atoms in total. The molecular formula is C13H18N2O4. The van der Waals surface area contributed by atoms with Gasteiger partial charge in [0.15, 0.2) is 0 Å². The highest BCUT2D eigenvalue weighted by Crippen LogP contribution is 2.29. The second-order valence-electron chi connectivity index (χ2n) is 4.80. The van der Waals surface area contributed by atoms with Crippen LogP contribution in [-0.2, 0) is 11.2 Å². The molecule has 1 aliphatic carbocycles. The number of hydrogen-bond donors (Lipinski definition) is 3. The van der Waals surface area contributed by atoms with Crippen LogP contribution in [0.3, 0.4) is 0 Å². The second kappa shape index (κ2) is 5.77. The minimum atomic E-state index is -1.09. The molecule has 104 valence electrons. The summed E-state index contributed by atoms with van der Waals surface area (Å²) >= 11 is 0. The van der Waals surface area contributed by atoms with Crippen LogP contribution in [0.25, 0.3) is 0 Å². The van der Waals surface area contributed by atoms with E-state index < -0.39 is 17.5 Å². The lowest BCUT2D eigenvalue weighted by Gasteiger charge is -2.25. The third-order valence-corrected chi connectivity index (χ3v) is 3.46. The van der Waals surface area contributed by atoms with E-state index in [2.05, 4.69) is 10.6 Å². The van der Waals surface area contributed by atoms with Gasteiger partial charge >= 0.3 is 12.0 Å². The van der Waals surface area contributed by atoms with E-state index in [4.69, 9.17) is 4.42 Å². The zero-order chi connectivity index (χ0) is 13.7. The van der Waals surface area contributed by atoms with Gasteiger partial charge in [-0.05, 0) is 25.0 Å². The van der Waals surface area contributed by atoms with Crippen LogP contribution in [0.1, 0.15) is 31.4 Å². The van der Waals surface area contributed by atoms with Gasteiger partial charge in [-0.1, -0.05) is 12.8 Å². The van der Waals surface area contributed by atoms with E-state index in [1.807, 2.05) is 6.07 Å². The minimum Gasteiger partial charge on any atom is -0.480 e. The fraction of sp³-hybridized carbons (Fsp3) is 0.538. The molecule has 0 aromatic carbocycles. The topological polar surface area (TPSA) is 91.6 Å². The Morgan fingerprint density at radius 2 is 2.11 bits per heavy atom. The van der Waals surface area contributed by atoms with Gasteiger partial charge in [0, 0.05) is 13.0 Å². The van der Waals surface area contributed by atoms with Crippen LogP contribution in [0, 0.1) is 0 Å². The van der Waals surface area contributed by atoms with Crippen molar-refractivity contribution in [3.8, 4) is 0 Å². The SMILES string of the molecule is O=C(NCCc1ccco1)NC1(C(=O)O)CCCC1. The zero-order valence-electron chi connectivity index (χ0n) is 10.6. The molecule has 6 heteroatoms. The first kappa shape index (κ1) is 13.5. The number of carboxylic acid groups (broad SMARTS) is 1. The Bertz CT molecular complexity index is 436. The summed E-state index contributed by atoms with van der Waals surface area (Å²) in [6, 6.07) is 3.18. The molecule has 1 aliphatic rings. The minimum absolute atomic E-state index is 0.412. The molecule has 1 saturated carbocycles. The maximum absolute atomic E-state index is 11.7. The number of carboxylic acids is 1. The van der Waals surface area contributed by atoms with Gasteiger partial charge in [-0.15, -0.1) is 0 Å². The van der Waals surface area contributed by atoms with Crippen LogP contribution in [-0.4, -0.2) is 29.2 Å². The van der Waals surface area contributed by atoms with Crippen molar-refractivity contribution in [1.29, 1.82) is 0 Å². The fourth-order valence-electron chi connectivity index (χ4n) is 2.39. The maximum Gasteiger partial charge on any atom is 0.329 e. The highest BCUT2D eigenvalue weighted by Gasteiger charge is 2.42. The van der Waals surface area contributed by atoms with Crippen molar-refractivity contribution >= 4 is 12.0 Å². The van der Waals surface area contributed by atoms with E-state index in [9.17, 15) is 14.7 Å². The van der Waals surface area contributed by atoms with Gasteiger partial charge in [0.05, 0.1) is 6.26 Å². The number of aliphatic carboxylic acids is 1. The summed E-state index contributed by atoms with van der Waals surface area (Å²) in [7, 11) is 0. The molecule has 2 rings (SSSR count). The number of urea groups is 1. The molecule has 0 bridgehead atoms. The Kier molecular flexibility index (Phi) is 4.09. The van der Waals surface area contributed by atoms with Crippen molar-refractivity contribution < 1.29 is 19.1 Å². The van der Waals surface area contributed by atoms with Gasteiger partial charge in [-0.2, -0.15) is 0 Å². The predicted octanol–water partition coefficient (Wildman–Crippen LogP) is 1.52. The molecule has 0 aliphatic heterocycles. The summed E-state index contributed by atoms with van der Waals surface area (Å²) in [6.07, 6.45) is 4.81. The Labute approximate surface area is 111 Å². The standard InChI is InChI=1S/C13H18N2O4/c16-11(17)13(6-1-2-7-13)15-12(18)14-8-5-10-4-3-9-19-10/h3-4,9H,1-2,5-8H2,(H,16,17)(H2,14,15,18). The largest absolute Gasteiger partial charge is 0.480 e. The number of carbonyl (C=O) groups excluding carboxylic acids is 1. The summed E-state index contributed by atoms with van der Waals surface area (Å²) in [5.74, 6) is -0.166. The first-order valence-corrected chi connectivity index (χ1v) is 6.44. The van der Waals surface area contributed by atoms with Crippen molar-refractivity contribution in [2.45, 2.75) is 37.6 Å². The van der Waals surface area contributed by atoms with E-state index >= 15 is 0 Å². The van der Waals surface area contributed by atoms with E-state index in [1.165, 1.54) is 0 Å². The van der Waals surface area contributed by atoms with E-state index in [1.54, 1.807) is 12.3 Å². The lowest BCUT2D eigenvalue weighted by atomic mass is 9.98. The van der Waals surface area contributed by atoms with Gasteiger partial charge in [-0.3, -0.25) is 0 Å². The molecule has 1 fully saturated rings. The van der Waals surface area contributed by atoms with Crippen molar-refractivity contribution in [2.75, 3.05) is 6.54 Å².